The van der Waals surface area contributed by atoms with Crippen molar-refractivity contribution in [2.45, 2.75) is 14.7 Å². The zero-order chi connectivity index (χ0) is 42.3. The summed E-state index contributed by atoms with van der Waals surface area (Å²) in [5, 5.41) is 13.8. The highest BCUT2D eigenvalue weighted by molar-refractivity contribution is 8.01. The molecule has 1 N–H and O–H groups in total. The molecule has 8 aromatic carbocycles. The van der Waals surface area contributed by atoms with Crippen LogP contribution in [-0.4, -0.2) is 29.8 Å². The van der Waals surface area contributed by atoms with E-state index in [1.807, 2.05) is 93.6 Å². The zero-order valence-electron chi connectivity index (χ0n) is 34.0. The second-order valence-corrected chi connectivity index (χ2v) is 21.9. The third-order valence-electron chi connectivity index (χ3n) is 11.6. The summed E-state index contributed by atoms with van der Waals surface area (Å²) in [6, 6.07) is 58.9. The summed E-state index contributed by atoms with van der Waals surface area (Å²) in [5.41, 5.74) is 0.796. The number of hydrogen-bond donors (Lipinski definition) is 1. The fourth-order valence-corrected chi connectivity index (χ4v) is 16.6. The van der Waals surface area contributed by atoms with Crippen LogP contribution in [0.25, 0.3) is 71.3 Å². The molecule has 0 aliphatic rings. The number of hydrogen-bond acceptors (Lipinski definition) is 9. The molecule has 3 nitrogen and oxygen atoms in total. The van der Waals surface area contributed by atoms with E-state index in [1.54, 1.807) is 0 Å². The van der Waals surface area contributed by atoms with Crippen LogP contribution in [0.2, 0.25) is 0 Å². The van der Waals surface area contributed by atoms with Crippen molar-refractivity contribution in [1.29, 1.82) is 0 Å². The Morgan fingerprint density at radius 1 is 0.492 bits per heavy atom. The monoisotopic (exact) mass is 925 g/mol. The van der Waals surface area contributed by atoms with Crippen LogP contribution in [0.1, 0.15) is 0 Å². The van der Waals surface area contributed by atoms with Gasteiger partial charge in [0.05, 0.1) is 0 Å². The van der Waals surface area contributed by atoms with E-state index in [1.165, 1.54) is 81.3 Å². The van der Waals surface area contributed by atoms with Crippen LogP contribution in [0.3, 0.4) is 0 Å². The van der Waals surface area contributed by atoms with E-state index >= 15 is 0 Å². The van der Waals surface area contributed by atoms with Gasteiger partial charge in [-0.2, -0.15) is 0 Å². The van der Waals surface area contributed by atoms with E-state index in [0.29, 0.717) is 5.75 Å². The van der Waals surface area contributed by atoms with Gasteiger partial charge in [-0.1, -0.05) is 122 Å². The number of carbonyl (C=O) groups excluding carboxylic acids is 1. The number of ether oxygens (including phenoxy) is 1. The number of benzene rings is 8. The van der Waals surface area contributed by atoms with Crippen LogP contribution in [0.5, 0.6) is 5.75 Å². The number of fused-ring (bicyclic) bond motifs is 10. The van der Waals surface area contributed by atoms with Crippen LogP contribution in [0, 0.1) is 5.41 Å². The van der Waals surface area contributed by atoms with Crippen LogP contribution in [0.4, 0.5) is 5.69 Å². The van der Waals surface area contributed by atoms with E-state index in [0.717, 1.165) is 40.3 Å². The highest BCUT2D eigenvalue weighted by Crippen LogP contribution is 2.48. The van der Waals surface area contributed by atoms with Gasteiger partial charge in [0.25, 0.3) is 0 Å². The molecule has 0 fully saturated rings. The first kappa shape index (κ1) is 40.5. The SMILES string of the molecule is C=CC(=O)Oc1ccc(NCC(CSc2cccc3c2sc2ccccc23)(CSc2cccc3c2sc2ccccc23)CSc2cccc3c2sc2ccccc23)c2ccccc12. The molecular weight excluding hydrogens is 887 g/mol. The number of esters is 1. The number of thiophene rings is 3. The summed E-state index contributed by atoms with van der Waals surface area (Å²) in [5.74, 6) is 2.74. The standard InChI is InChI=1S/C54H39NO2S6/c1-2-50(56)57-43-29-28-42(34-14-3-4-15-35(34)43)55-30-54(31-58-47-25-11-19-39-36-16-5-8-22-44(36)61-51(39)47,32-59-48-26-12-20-40-37-17-6-9-23-45(37)62-52(40)48)33-60-49-27-13-21-41-38-18-7-10-24-46(38)63-53(41)49/h2-29,55H,1,30-33H2. The van der Waals surface area contributed by atoms with Gasteiger partial charge in [-0.25, -0.2) is 4.79 Å². The molecule has 11 rings (SSSR count). The molecule has 0 radical (unpaired) electrons. The van der Waals surface area contributed by atoms with E-state index in [-0.39, 0.29) is 5.41 Å². The molecule has 63 heavy (non-hydrogen) atoms. The minimum absolute atomic E-state index is 0.217. The molecule has 0 atom stereocenters. The summed E-state index contributed by atoms with van der Waals surface area (Å²) in [4.78, 5) is 16.3. The van der Waals surface area contributed by atoms with Gasteiger partial charge < -0.3 is 10.1 Å². The lowest BCUT2D eigenvalue weighted by molar-refractivity contribution is -0.128. The van der Waals surface area contributed by atoms with Gasteiger partial charge in [0.2, 0.25) is 0 Å². The number of thioether (sulfide) groups is 3. The molecule has 0 spiro atoms. The number of carbonyl (C=O) groups is 1. The highest BCUT2D eigenvalue weighted by atomic mass is 32.2. The quantitative estimate of drug-likeness (QED) is 0.0507. The van der Waals surface area contributed by atoms with Crippen molar-refractivity contribution < 1.29 is 9.53 Å². The number of nitrogens with one attached hydrogen (secondary N) is 1. The smallest absolute Gasteiger partial charge is 0.335 e. The molecule has 308 valence electrons. The Labute approximate surface area is 390 Å². The average Bonchev–Trinajstić information content (AvgIpc) is 4.04. The summed E-state index contributed by atoms with van der Waals surface area (Å²) in [7, 11) is 0. The largest absolute Gasteiger partial charge is 0.423 e. The Morgan fingerprint density at radius 2 is 0.889 bits per heavy atom. The second kappa shape index (κ2) is 17.4. The third kappa shape index (κ3) is 7.79. The molecule has 0 bridgehead atoms. The van der Waals surface area contributed by atoms with E-state index in [2.05, 4.69) is 151 Å². The normalized spacial score (nSPS) is 12.1. The van der Waals surface area contributed by atoms with Crippen molar-refractivity contribution in [3.63, 3.8) is 0 Å². The van der Waals surface area contributed by atoms with Gasteiger partial charge in [0.15, 0.2) is 0 Å². The molecule has 3 heterocycles. The average molecular weight is 926 g/mol. The Kier molecular flexibility index (Phi) is 11.2. The molecule has 0 unspecified atom stereocenters. The van der Waals surface area contributed by atoms with Gasteiger partial charge in [-0.15, -0.1) is 69.3 Å². The molecule has 0 saturated heterocycles. The Balaban J connectivity index is 1.02. The highest BCUT2D eigenvalue weighted by Gasteiger charge is 2.33. The molecule has 11 aromatic rings. The zero-order valence-corrected chi connectivity index (χ0v) is 38.9. The maximum Gasteiger partial charge on any atom is 0.335 e. The van der Waals surface area contributed by atoms with Crippen molar-refractivity contribution in [3.8, 4) is 5.75 Å². The third-order valence-corrected chi connectivity index (χ3v) is 19.9. The first-order valence-corrected chi connectivity index (χ1v) is 26.1. The molecule has 0 aliphatic carbocycles. The van der Waals surface area contributed by atoms with Gasteiger partial charge in [0.1, 0.15) is 5.75 Å². The van der Waals surface area contributed by atoms with Crippen LogP contribution in [0.15, 0.2) is 191 Å². The fraction of sp³-hybridized carbons (Fsp3) is 0.0926. The lowest BCUT2D eigenvalue weighted by Gasteiger charge is -2.34. The minimum Gasteiger partial charge on any atom is -0.423 e. The van der Waals surface area contributed by atoms with Crippen molar-refractivity contribution in [1.82, 2.24) is 0 Å². The topological polar surface area (TPSA) is 38.3 Å². The molecule has 0 amide bonds. The summed E-state index contributed by atoms with van der Waals surface area (Å²) in [6.07, 6.45) is 1.21. The number of anilines is 1. The van der Waals surface area contributed by atoms with E-state index in [4.69, 9.17) is 4.74 Å². The lowest BCUT2D eigenvalue weighted by Crippen LogP contribution is -2.37. The number of rotatable bonds is 14. The lowest BCUT2D eigenvalue weighted by atomic mass is 9.95. The Hall–Kier alpha value is -5.26. The van der Waals surface area contributed by atoms with Crippen molar-refractivity contribution in [2.24, 2.45) is 5.41 Å². The summed E-state index contributed by atoms with van der Waals surface area (Å²) < 4.78 is 13.7. The maximum atomic E-state index is 12.4. The van der Waals surface area contributed by atoms with E-state index < -0.39 is 5.97 Å². The summed E-state index contributed by atoms with van der Waals surface area (Å²) in [6.45, 7) is 4.35. The maximum absolute atomic E-state index is 12.4. The first-order chi connectivity index (χ1) is 31.0. The molecule has 9 heteroatoms. The van der Waals surface area contributed by atoms with Crippen LogP contribution < -0.4 is 10.1 Å². The van der Waals surface area contributed by atoms with Gasteiger partial charge in [-0.05, 0) is 48.5 Å². The fourth-order valence-electron chi connectivity index (χ4n) is 8.42. The van der Waals surface area contributed by atoms with Gasteiger partial charge >= 0.3 is 5.97 Å². The first-order valence-electron chi connectivity index (χ1n) is 20.7. The van der Waals surface area contributed by atoms with E-state index in [9.17, 15) is 4.79 Å². The molecular formula is C54H39NO2S6. The van der Waals surface area contributed by atoms with Gasteiger partial charge in [-0.3, -0.25) is 0 Å². The minimum atomic E-state index is -0.470. The predicted octanol–water partition coefficient (Wildman–Crippen LogP) is 16.8. The van der Waals surface area contributed by atoms with Crippen molar-refractivity contribution >= 4 is 152 Å². The summed E-state index contributed by atoms with van der Waals surface area (Å²) >= 11 is 11.7. The van der Waals surface area contributed by atoms with Crippen LogP contribution >= 0.6 is 69.3 Å². The Morgan fingerprint density at radius 3 is 1.33 bits per heavy atom. The second-order valence-electron chi connectivity index (χ2n) is 15.7. The van der Waals surface area contributed by atoms with Crippen molar-refractivity contribution in [3.05, 3.63) is 176 Å². The Bertz CT molecular complexity index is 3250. The molecule has 0 aliphatic heterocycles. The molecule has 0 saturated carbocycles. The van der Waals surface area contributed by atoms with Crippen LogP contribution in [-0.2, 0) is 4.79 Å². The van der Waals surface area contributed by atoms with Crippen molar-refractivity contribution in [2.75, 3.05) is 29.1 Å². The molecule has 3 aromatic heterocycles. The predicted molar refractivity (Wildman–Crippen MR) is 281 cm³/mol. The van der Waals surface area contributed by atoms with Gasteiger partial charge in [0, 0.05) is 127 Å².